The summed E-state index contributed by atoms with van der Waals surface area (Å²) in [5, 5.41) is 31.1. The second kappa shape index (κ2) is 21.6. The minimum Gasteiger partial charge on any atom is -0.390 e. The number of likely N-dealkylation sites (N-methyl/N-ethyl adjacent to an activating group) is 3. The number of aliphatic hydroxyl groups excluding tert-OH is 2. The van der Waals surface area contributed by atoms with Crippen molar-refractivity contribution in [3.63, 3.8) is 0 Å². The van der Waals surface area contributed by atoms with E-state index < -0.39 is 114 Å². The van der Waals surface area contributed by atoms with Crippen molar-refractivity contribution >= 4 is 41.4 Å². The predicted molar refractivity (Wildman–Crippen MR) is 216 cm³/mol. The molecule has 12 atom stereocenters. The Morgan fingerprint density at radius 2 is 1.26 bits per heavy atom. The van der Waals surface area contributed by atoms with Crippen LogP contribution in [-0.2, 0) is 33.6 Å². The third-order valence-electron chi connectivity index (χ3n) is 12.3. The molecule has 2 aliphatic rings. The van der Waals surface area contributed by atoms with Gasteiger partial charge in [0.1, 0.15) is 42.3 Å². The summed E-state index contributed by atoms with van der Waals surface area (Å²) < 4.78 is 0. The van der Waals surface area contributed by atoms with Gasteiger partial charge in [-0.25, -0.2) is 0 Å². The Kier molecular flexibility index (Phi) is 18.6. The molecule has 324 valence electrons. The van der Waals surface area contributed by atoms with Crippen molar-refractivity contribution in [3.8, 4) is 0 Å². The molecule has 16 heteroatoms. The quantitative estimate of drug-likeness (QED) is 0.200. The number of piperidine rings is 1. The maximum atomic E-state index is 14.3. The first-order valence-corrected chi connectivity index (χ1v) is 20.6. The number of rotatable bonds is 10. The molecular weight excluding hydrogens is 734 g/mol. The lowest BCUT2D eigenvalue weighted by molar-refractivity contribution is -0.153. The largest absolute Gasteiger partial charge is 0.390 e. The monoisotopic (exact) mass is 806 g/mol. The van der Waals surface area contributed by atoms with Gasteiger partial charge in [-0.2, -0.15) is 0 Å². The molecule has 2 saturated heterocycles. The van der Waals surface area contributed by atoms with E-state index in [0.717, 1.165) is 9.80 Å². The van der Waals surface area contributed by atoms with Crippen LogP contribution < -0.4 is 16.0 Å². The summed E-state index contributed by atoms with van der Waals surface area (Å²) in [6, 6.07) is -8.69. The Morgan fingerprint density at radius 1 is 0.702 bits per heavy atom. The maximum absolute atomic E-state index is 14.3. The molecule has 0 aromatic heterocycles. The zero-order valence-corrected chi connectivity index (χ0v) is 36.3. The van der Waals surface area contributed by atoms with E-state index in [-0.39, 0.29) is 25.3 Å². The van der Waals surface area contributed by atoms with Gasteiger partial charge in [0.15, 0.2) is 0 Å². The van der Waals surface area contributed by atoms with Crippen molar-refractivity contribution in [1.29, 1.82) is 0 Å². The zero-order valence-electron chi connectivity index (χ0n) is 36.3. The highest BCUT2D eigenvalue weighted by atomic mass is 16.3. The van der Waals surface area contributed by atoms with Crippen LogP contribution in [0.25, 0.3) is 0 Å². The van der Waals surface area contributed by atoms with Crippen LogP contribution in [0.2, 0.25) is 0 Å². The van der Waals surface area contributed by atoms with Crippen molar-refractivity contribution in [2.45, 2.75) is 155 Å². The van der Waals surface area contributed by atoms with E-state index in [4.69, 9.17) is 0 Å². The molecule has 57 heavy (non-hydrogen) atoms. The van der Waals surface area contributed by atoms with Gasteiger partial charge < -0.3 is 45.8 Å². The first-order chi connectivity index (χ1) is 26.6. The number of aliphatic hydroxyl groups is 2. The lowest BCUT2D eigenvalue weighted by Gasteiger charge is -2.40. The summed E-state index contributed by atoms with van der Waals surface area (Å²) in [6.45, 7) is 19.3. The van der Waals surface area contributed by atoms with Gasteiger partial charge in [-0.05, 0) is 63.2 Å². The Hall–Kier alpha value is -4.05. The van der Waals surface area contributed by atoms with Crippen LogP contribution in [0.1, 0.15) is 101 Å². The number of amides is 7. The summed E-state index contributed by atoms with van der Waals surface area (Å²) in [5.41, 5.74) is 0. The lowest BCUT2D eigenvalue weighted by atomic mass is 9.92. The van der Waals surface area contributed by atoms with E-state index in [2.05, 4.69) is 22.5 Å². The molecule has 2 fully saturated rings. The first-order valence-electron chi connectivity index (χ1n) is 20.6. The zero-order chi connectivity index (χ0) is 43.6. The first kappa shape index (κ1) is 49.1. The Morgan fingerprint density at radius 3 is 1.81 bits per heavy atom. The number of nitrogens with zero attached hydrogens (tertiary/aromatic N) is 4. The van der Waals surface area contributed by atoms with Crippen molar-refractivity contribution in [3.05, 3.63) is 12.7 Å². The van der Waals surface area contributed by atoms with Crippen molar-refractivity contribution in [2.75, 3.05) is 27.7 Å². The van der Waals surface area contributed by atoms with Gasteiger partial charge in [0.25, 0.3) is 0 Å². The number of allylic oxidation sites excluding steroid dienone is 1. The number of hydrogen-bond acceptors (Lipinski definition) is 9. The van der Waals surface area contributed by atoms with Crippen LogP contribution >= 0.6 is 0 Å². The summed E-state index contributed by atoms with van der Waals surface area (Å²) in [5.74, 6) is -6.45. The summed E-state index contributed by atoms with van der Waals surface area (Å²) >= 11 is 0. The molecule has 0 bridgehead atoms. The average Bonchev–Trinajstić information content (AvgIpc) is 3.20. The molecule has 8 unspecified atom stereocenters. The Labute approximate surface area is 339 Å². The summed E-state index contributed by atoms with van der Waals surface area (Å²) in [4.78, 5) is 104. The van der Waals surface area contributed by atoms with Crippen LogP contribution in [-0.4, -0.2) is 153 Å². The highest BCUT2D eigenvalue weighted by Gasteiger charge is 2.44. The second-order valence-corrected chi connectivity index (χ2v) is 16.7. The van der Waals surface area contributed by atoms with E-state index in [1.54, 1.807) is 33.8 Å². The highest BCUT2D eigenvalue weighted by molar-refractivity contribution is 5.98. The van der Waals surface area contributed by atoms with Gasteiger partial charge in [0.2, 0.25) is 41.4 Å². The van der Waals surface area contributed by atoms with Crippen LogP contribution in [0, 0.1) is 23.7 Å². The molecule has 0 radical (unpaired) electrons. The third kappa shape index (κ3) is 11.8. The Bertz CT molecular complexity index is 1460. The van der Waals surface area contributed by atoms with Crippen molar-refractivity contribution in [1.82, 2.24) is 35.6 Å². The summed E-state index contributed by atoms with van der Waals surface area (Å²) in [7, 11) is 4.18. The molecule has 0 spiro atoms. The number of fused-ring (bicyclic) bond motifs is 1. The second-order valence-electron chi connectivity index (χ2n) is 16.7. The van der Waals surface area contributed by atoms with E-state index in [0.29, 0.717) is 25.7 Å². The number of hydrogen-bond donors (Lipinski definition) is 5. The SMILES string of the molecule is C=CC(C)CC1NC(=O)C(C(O)C(C)CC)N(C)C(=O)[C@H](C)N(C)C(=O)[C@@H](C(C)CC)NC(=O)C(C(O)C(C)C)NC(=O)[C@H]2CCCCN2C(=O)[C@H](C)N(C)C1=O. The van der Waals surface area contributed by atoms with Gasteiger partial charge in [0, 0.05) is 27.7 Å². The standard InChI is InChI=1S/C41H71N7O9/c1-14-23(6)21-28-40(56)45(11)27(10)39(55)48-20-18-17-19-29(48)35(51)44-31(33(49)22(4)5)36(52)43-30(24(7)15-2)41(57)46(12)26(9)38(54)47(13)32(37(53)42-28)34(50)25(8)16-3/h14,22-34,49-50H,1,15-21H2,2-13H3,(H,42,53)(H,43,52)(H,44,51)/t23?,24?,25?,26-,27-,28?,29+,30+,31?,32?,33?,34?/m0/s1. The minimum atomic E-state index is -1.51. The van der Waals surface area contributed by atoms with E-state index in [1.807, 2.05) is 20.8 Å². The molecule has 0 saturated carbocycles. The van der Waals surface area contributed by atoms with Gasteiger partial charge in [-0.3, -0.25) is 33.6 Å². The molecule has 0 aromatic carbocycles. The smallest absolute Gasteiger partial charge is 0.246 e. The van der Waals surface area contributed by atoms with Crippen LogP contribution in [0.4, 0.5) is 0 Å². The fraction of sp³-hybridized carbons (Fsp3) is 0.780. The number of carbonyl (C=O) groups excluding carboxylic acids is 7. The van der Waals surface area contributed by atoms with E-state index in [1.165, 1.54) is 44.8 Å². The molecule has 2 heterocycles. The molecule has 5 N–H and O–H groups in total. The fourth-order valence-electron chi connectivity index (χ4n) is 7.24. The number of carbonyl (C=O) groups is 7. The maximum Gasteiger partial charge on any atom is 0.246 e. The topological polar surface area (TPSA) is 209 Å². The minimum absolute atomic E-state index is 0.0864. The van der Waals surface area contributed by atoms with Crippen molar-refractivity contribution in [2.24, 2.45) is 23.7 Å². The van der Waals surface area contributed by atoms with E-state index >= 15 is 0 Å². The molecule has 0 aliphatic carbocycles. The molecule has 2 aliphatic heterocycles. The van der Waals surface area contributed by atoms with Gasteiger partial charge >= 0.3 is 0 Å². The van der Waals surface area contributed by atoms with E-state index in [9.17, 15) is 43.8 Å². The van der Waals surface area contributed by atoms with Crippen LogP contribution in [0.3, 0.4) is 0 Å². The van der Waals surface area contributed by atoms with Crippen molar-refractivity contribution < 1.29 is 43.8 Å². The van der Waals surface area contributed by atoms with Crippen LogP contribution in [0.15, 0.2) is 12.7 Å². The molecule has 7 amide bonds. The van der Waals surface area contributed by atoms with Gasteiger partial charge in [0.05, 0.1) is 12.2 Å². The number of nitrogens with one attached hydrogen (secondary N) is 3. The third-order valence-corrected chi connectivity index (χ3v) is 12.3. The molecular formula is C41H71N7O9. The van der Waals surface area contributed by atoms with Crippen LogP contribution in [0.5, 0.6) is 0 Å². The van der Waals surface area contributed by atoms with Gasteiger partial charge in [-0.1, -0.05) is 67.4 Å². The van der Waals surface area contributed by atoms with Gasteiger partial charge in [-0.15, -0.1) is 6.58 Å². The normalized spacial score (nSPS) is 29.7. The fourth-order valence-corrected chi connectivity index (χ4v) is 7.24. The predicted octanol–water partition coefficient (Wildman–Crippen LogP) is 1.04. The molecule has 2 rings (SSSR count). The Balaban J connectivity index is 2.85. The molecule has 16 nitrogen and oxygen atoms in total. The molecule has 0 aromatic rings. The summed E-state index contributed by atoms with van der Waals surface area (Å²) in [6.07, 6.45) is 1.31. The highest BCUT2D eigenvalue weighted by Crippen LogP contribution is 2.23. The lowest BCUT2D eigenvalue weighted by Crippen LogP contribution is -2.64. The average molecular weight is 806 g/mol.